The zero-order valence-electron chi connectivity index (χ0n) is 19.9. The summed E-state index contributed by atoms with van der Waals surface area (Å²) in [6.45, 7) is 1.56. The van der Waals surface area contributed by atoms with Crippen LogP contribution in [-0.2, 0) is 20.8 Å². The number of carbonyl (C=O) groups is 1. The van der Waals surface area contributed by atoms with Gasteiger partial charge < -0.3 is 24.6 Å². The Bertz CT molecular complexity index is 1030. The van der Waals surface area contributed by atoms with Crippen molar-refractivity contribution in [2.45, 2.75) is 57.0 Å². The minimum atomic E-state index is -0.954. The molecule has 1 aromatic heterocycles. The summed E-state index contributed by atoms with van der Waals surface area (Å²) in [5, 5.41) is 3.44. The van der Waals surface area contributed by atoms with Crippen molar-refractivity contribution in [1.82, 2.24) is 4.98 Å². The van der Waals surface area contributed by atoms with E-state index in [1.807, 2.05) is 29.2 Å². The molecule has 182 valence electrons. The van der Waals surface area contributed by atoms with Gasteiger partial charge in [0.25, 0.3) is 0 Å². The third-order valence-corrected chi connectivity index (χ3v) is 7.51. The van der Waals surface area contributed by atoms with E-state index < -0.39 is 12.3 Å². The zero-order chi connectivity index (χ0) is 23.7. The number of rotatable bonds is 4. The fraction of sp³-hybridized carbons (Fsp3) is 0.538. The Morgan fingerprint density at radius 3 is 2.71 bits per heavy atom. The van der Waals surface area contributed by atoms with Crippen molar-refractivity contribution in [1.29, 1.82) is 0 Å². The molecule has 2 aromatic rings. The molecule has 1 saturated heterocycles. The second-order valence-electron chi connectivity index (χ2n) is 9.50. The summed E-state index contributed by atoms with van der Waals surface area (Å²) in [5.41, 5.74) is 3.64. The molecule has 2 aliphatic heterocycles. The van der Waals surface area contributed by atoms with Gasteiger partial charge in [-0.3, -0.25) is 4.79 Å². The molecule has 1 aliphatic carbocycles. The van der Waals surface area contributed by atoms with Crippen LogP contribution in [0.5, 0.6) is 0 Å². The van der Waals surface area contributed by atoms with E-state index >= 15 is 0 Å². The molecule has 1 saturated carbocycles. The van der Waals surface area contributed by atoms with Crippen LogP contribution in [0.3, 0.4) is 0 Å². The summed E-state index contributed by atoms with van der Waals surface area (Å²) in [6, 6.07) is 10.00. The van der Waals surface area contributed by atoms with Crippen LogP contribution >= 0.6 is 0 Å². The number of nitrogens with one attached hydrogen (secondary N) is 1. The number of fused-ring (bicyclic) bond motifs is 2. The number of aromatic nitrogens is 1. The summed E-state index contributed by atoms with van der Waals surface area (Å²) in [6.07, 6.45) is 4.49. The molecule has 2 fully saturated rings. The first-order valence-corrected chi connectivity index (χ1v) is 12.2. The number of amides is 1. The molecule has 3 heterocycles. The van der Waals surface area contributed by atoms with Gasteiger partial charge in [-0.25, -0.2) is 9.37 Å². The van der Waals surface area contributed by atoms with Gasteiger partial charge in [0.15, 0.2) is 0 Å². The third-order valence-electron chi connectivity index (χ3n) is 7.51. The fourth-order valence-electron chi connectivity index (χ4n) is 5.41. The highest BCUT2D eigenvalue weighted by molar-refractivity contribution is 6.00. The maximum absolute atomic E-state index is 14.2. The molecular formula is C26H33FN4O3. The Morgan fingerprint density at radius 2 is 1.94 bits per heavy atom. The minimum absolute atomic E-state index is 0.0266. The van der Waals surface area contributed by atoms with E-state index in [0.717, 1.165) is 54.1 Å². The molecule has 0 bridgehead atoms. The highest BCUT2D eigenvalue weighted by Crippen LogP contribution is 2.40. The molecule has 0 unspecified atom stereocenters. The zero-order valence-corrected chi connectivity index (χ0v) is 19.9. The number of pyridine rings is 1. The molecular weight excluding hydrogens is 435 g/mol. The van der Waals surface area contributed by atoms with Crippen LogP contribution in [0.2, 0.25) is 0 Å². The van der Waals surface area contributed by atoms with Crippen LogP contribution in [0.1, 0.15) is 37.7 Å². The van der Waals surface area contributed by atoms with E-state index in [1.54, 1.807) is 20.4 Å². The molecule has 5 rings (SSSR count). The van der Waals surface area contributed by atoms with Crippen LogP contribution in [0.25, 0.3) is 0 Å². The number of methoxy groups -OCH3 is 2. The van der Waals surface area contributed by atoms with Gasteiger partial charge in [0.05, 0.1) is 24.0 Å². The molecule has 1 aromatic carbocycles. The molecule has 1 amide bonds. The summed E-state index contributed by atoms with van der Waals surface area (Å²) in [7, 11) is 3.31. The van der Waals surface area contributed by atoms with Crippen LogP contribution in [-0.4, -0.2) is 56.6 Å². The van der Waals surface area contributed by atoms with Crippen molar-refractivity contribution in [3.05, 3.63) is 42.1 Å². The van der Waals surface area contributed by atoms with Crippen molar-refractivity contribution in [3.63, 3.8) is 0 Å². The van der Waals surface area contributed by atoms with E-state index in [4.69, 9.17) is 9.47 Å². The molecule has 1 N–H and O–H groups in total. The number of alkyl halides is 1. The predicted octanol–water partition coefficient (Wildman–Crippen LogP) is 4.44. The second kappa shape index (κ2) is 9.88. The number of carbonyl (C=O) groups excluding carboxylic acids is 1. The first-order chi connectivity index (χ1) is 16.6. The highest BCUT2D eigenvalue weighted by atomic mass is 19.1. The number of nitrogens with zero attached hydrogens (tertiary/aromatic N) is 3. The monoisotopic (exact) mass is 468 g/mol. The van der Waals surface area contributed by atoms with E-state index in [2.05, 4.69) is 21.3 Å². The van der Waals surface area contributed by atoms with Gasteiger partial charge >= 0.3 is 0 Å². The second-order valence-corrected chi connectivity index (χ2v) is 9.50. The maximum Gasteiger partial charge on any atom is 0.230 e. The lowest BCUT2D eigenvalue weighted by atomic mass is 9.86. The Hall–Kier alpha value is -2.71. The van der Waals surface area contributed by atoms with E-state index in [9.17, 15) is 9.18 Å². The van der Waals surface area contributed by atoms with Gasteiger partial charge in [0, 0.05) is 50.7 Å². The Labute approximate surface area is 200 Å². The van der Waals surface area contributed by atoms with Gasteiger partial charge in [-0.15, -0.1) is 0 Å². The molecule has 0 radical (unpaired) electrons. The summed E-state index contributed by atoms with van der Waals surface area (Å²) >= 11 is 0. The van der Waals surface area contributed by atoms with Crippen LogP contribution < -0.4 is 15.1 Å². The van der Waals surface area contributed by atoms with E-state index in [0.29, 0.717) is 26.1 Å². The smallest absolute Gasteiger partial charge is 0.230 e. The molecule has 8 heteroatoms. The van der Waals surface area contributed by atoms with Gasteiger partial charge in [-0.05, 0) is 56.4 Å². The third kappa shape index (κ3) is 4.49. The molecule has 2 atom stereocenters. The topological polar surface area (TPSA) is 66.9 Å². The SMILES string of the molecule is COC1CCC(C(=O)N2Cc3cccnc3Nc3ccc(N4CC[C@@H](F)[C@@H](OC)C4)cc32)CC1. The number of benzene rings is 1. The van der Waals surface area contributed by atoms with Gasteiger partial charge in [0.2, 0.25) is 5.91 Å². The van der Waals surface area contributed by atoms with Gasteiger partial charge in [-0.1, -0.05) is 6.07 Å². The van der Waals surface area contributed by atoms with Crippen molar-refractivity contribution in [2.75, 3.05) is 42.4 Å². The largest absolute Gasteiger partial charge is 0.381 e. The lowest BCUT2D eigenvalue weighted by Gasteiger charge is -2.36. The lowest BCUT2D eigenvalue weighted by Crippen LogP contribution is -2.46. The standard InChI is InChI=1S/C26H33FN4O3/c1-33-20-8-5-17(6-9-20)26(32)31-15-18-4-3-12-28-25(18)29-22-10-7-19(14-23(22)31)30-13-11-21(27)24(16-30)34-2/h3-4,7,10,12,14,17,20-21,24H,5-6,8-9,11,13,15-16H2,1-2H3,(H,28,29)/t17?,20?,21-,24+/m1/s1. The highest BCUT2D eigenvalue weighted by Gasteiger charge is 2.34. The van der Waals surface area contributed by atoms with Crippen molar-refractivity contribution < 1.29 is 18.7 Å². The van der Waals surface area contributed by atoms with Crippen LogP contribution in [0.15, 0.2) is 36.5 Å². The Kier molecular flexibility index (Phi) is 6.70. The number of piperidine rings is 1. The molecule has 7 nitrogen and oxygen atoms in total. The van der Waals surface area contributed by atoms with Gasteiger partial charge in [-0.2, -0.15) is 0 Å². The van der Waals surface area contributed by atoms with Crippen molar-refractivity contribution in [2.24, 2.45) is 5.92 Å². The minimum Gasteiger partial charge on any atom is -0.381 e. The van der Waals surface area contributed by atoms with Crippen molar-refractivity contribution >= 4 is 28.8 Å². The fourth-order valence-corrected chi connectivity index (χ4v) is 5.41. The van der Waals surface area contributed by atoms with Crippen molar-refractivity contribution in [3.8, 4) is 0 Å². The lowest BCUT2D eigenvalue weighted by molar-refractivity contribution is -0.124. The number of anilines is 4. The Balaban J connectivity index is 1.47. The average Bonchev–Trinajstić information content (AvgIpc) is 3.05. The summed E-state index contributed by atoms with van der Waals surface area (Å²) < 4.78 is 25.1. The first kappa shape index (κ1) is 23.1. The molecule has 3 aliphatic rings. The number of hydrogen-bond acceptors (Lipinski definition) is 6. The normalized spacial score (nSPS) is 26.8. The number of ether oxygens (including phenoxy) is 2. The van der Waals surface area contributed by atoms with Crippen LogP contribution in [0, 0.1) is 5.92 Å². The number of halogens is 1. The molecule has 34 heavy (non-hydrogen) atoms. The van der Waals surface area contributed by atoms with Gasteiger partial charge in [0.1, 0.15) is 18.1 Å². The van der Waals surface area contributed by atoms with E-state index in [-0.39, 0.29) is 17.9 Å². The quantitative estimate of drug-likeness (QED) is 0.716. The first-order valence-electron chi connectivity index (χ1n) is 12.2. The predicted molar refractivity (Wildman–Crippen MR) is 130 cm³/mol. The summed E-state index contributed by atoms with van der Waals surface area (Å²) in [4.78, 5) is 22.4. The average molecular weight is 469 g/mol. The molecule has 0 spiro atoms. The Morgan fingerprint density at radius 1 is 1.12 bits per heavy atom. The number of hydrogen-bond donors (Lipinski definition) is 1. The maximum atomic E-state index is 14.2. The van der Waals surface area contributed by atoms with E-state index in [1.165, 1.54) is 0 Å². The van der Waals surface area contributed by atoms with Crippen LogP contribution in [0.4, 0.5) is 27.3 Å². The summed E-state index contributed by atoms with van der Waals surface area (Å²) in [5.74, 6) is 0.887.